The van der Waals surface area contributed by atoms with Gasteiger partial charge in [0.1, 0.15) is 0 Å². The highest BCUT2D eigenvalue weighted by Gasteiger charge is 2.32. The lowest BCUT2D eigenvalue weighted by Crippen LogP contribution is -2.44. The van der Waals surface area contributed by atoms with E-state index < -0.39 is 0 Å². The summed E-state index contributed by atoms with van der Waals surface area (Å²) in [6.07, 6.45) is 5.90. The molecule has 0 bridgehead atoms. The van der Waals surface area contributed by atoms with Gasteiger partial charge in [0, 0.05) is 31.4 Å². The van der Waals surface area contributed by atoms with Crippen molar-refractivity contribution >= 4 is 22.7 Å². The second-order valence-electron chi connectivity index (χ2n) is 10.0. The van der Waals surface area contributed by atoms with Crippen molar-refractivity contribution < 1.29 is 9.59 Å². The van der Waals surface area contributed by atoms with Gasteiger partial charge in [-0.3, -0.25) is 19.6 Å². The van der Waals surface area contributed by atoms with Gasteiger partial charge >= 0.3 is 0 Å². The average Bonchev–Trinajstić information content (AvgIpc) is 3.11. The minimum Gasteiger partial charge on any atom is -0.317 e. The molecule has 7 heteroatoms. The van der Waals surface area contributed by atoms with E-state index in [9.17, 15) is 9.59 Å². The van der Waals surface area contributed by atoms with Gasteiger partial charge in [-0.25, -0.2) is 0 Å². The average molecular weight is 438 g/mol. The fraction of sp³-hybridized carbons (Fsp3) is 0.640. The Hall–Kier alpha value is -2.25. The number of hydrogen-bond donors (Lipinski definition) is 2. The van der Waals surface area contributed by atoms with E-state index in [1.807, 2.05) is 11.7 Å². The number of rotatable bonds is 4. The van der Waals surface area contributed by atoms with Crippen molar-refractivity contribution in [3.05, 3.63) is 29.5 Å². The van der Waals surface area contributed by atoms with Crippen LogP contribution in [0, 0.1) is 5.92 Å². The molecule has 3 atom stereocenters. The number of nitrogens with zero attached hydrogens (tertiary/aromatic N) is 3. The van der Waals surface area contributed by atoms with E-state index in [4.69, 9.17) is 5.10 Å². The van der Waals surface area contributed by atoms with E-state index >= 15 is 0 Å². The van der Waals surface area contributed by atoms with Gasteiger partial charge < -0.3 is 10.2 Å². The van der Waals surface area contributed by atoms with Crippen LogP contribution in [0.1, 0.15) is 68.5 Å². The first kappa shape index (κ1) is 21.6. The zero-order valence-corrected chi connectivity index (χ0v) is 19.3. The first-order valence-electron chi connectivity index (χ1n) is 12.2. The molecule has 3 fully saturated rings. The molecule has 1 aromatic heterocycles. The van der Waals surface area contributed by atoms with Gasteiger partial charge in [-0.05, 0) is 82.1 Å². The summed E-state index contributed by atoms with van der Waals surface area (Å²) in [5.74, 6) is 0.648. The number of aryl methyl sites for hydroxylation is 1. The minimum absolute atomic E-state index is 0.186. The highest BCUT2D eigenvalue weighted by molar-refractivity contribution is 6.02. The van der Waals surface area contributed by atoms with Gasteiger partial charge in [0.05, 0.1) is 17.1 Å². The summed E-state index contributed by atoms with van der Waals surface area (Å²) in [4.78, 5) is 26.6. The van der Waals surface area contributed by atoms with Crippen LogP contribution in [0.5, 0.6) is 0 Å². The van der Waals surface area contributed by atoms with Crippen LogP contribution in [0.4, 0.5) is 0 Å². The summed E-state index contributed by atoms with van der Waals surface area (Å²) in [7, 11) is 1.95. The second kappa shape index (κ2) is 8.94. The SMILES string of the molecule is C[C@H]1C[C@@H](c2ccc3c(C4CCC(=O)NC4=O)nn(C)c3c2)CCN1CC1CCNCC1. The zero-order valence-electron chi connectivity index (χ0n) is 19.3. The van der Waals surface area contributed by atoms with Gasteiger partial charge in [-0.15, -0.1) is 0 Å². The third-order valence-electron chi connectivity index (χ3n) is 7.91. The van der Waals surface area contributed by atoms with Crippen LogP contribution in [0.2, 0.25) is 0 Å². The minimum atomic E-state index is -0.347. The van der Waals surface area contributed by atoms with E-state index in [-0.39, 0.29) is 17.7 Å². The topological polar surface area (TPSA) is 79.3 Å². The number of hydrogen-bond acceptors (Lipinski definition) is 5. The number of likely N-dealkylation sites (tertiary alicyclic amines) is 1. The highest BCUT2D eigenvalue weighted by atomic mass is 16.2. The van der Waals surface area contributed by atoms with Crippen molar-refractivity contribution in [1.82, 2.24) is 25.3 Å². The Morgan fingerprint density at radius 1 is 1.12 bits per heavy atom. The quantitative estimate of drug-likeness (QED) is 0.719. The fourth-order valence-electron chi connectivity index (χ4n) is 5.96. The normalized spacial score (nSPS) is 28.2. The molecule has 2 amide bonds. The molecule has 2 aromatic rings. The molecule has 3 aliphatic heterocycles. The first-order valence-corrected chi connectivity index (χ1v) is 12.2. The van der Waals surface area contributed by atoms with Crippen LogP contribution in [-0.4, -0.2) is 58.7 Å². The summed E-state index contributed by atoms with van der Waals surface area (Å²) in [5.41, 5.74) is 3.25. The standard InChI is InChI=1S/C25H35N5O2/c1-16-13-19(9-12-30(16)15-17-7-10-26-11-8-17)18-3-4-20-22(14-18)29(2)28-24(20)21-5-6-23(31)27-25(21)32/h3-4,14,16-17,19,21,26H,5-13,15H2,1-2H3,(H,27,31,32)/t16-,19-,21?/m0/s1. The Morgan fingerprint density at radius 2 is 1.94 bits per heavy atom. The predicted molar refractivity (Wildman–Crippen MR) is 124 cm³/mol. The lowest BCUT2D eigenvalue weighted by Gasteiger charge is -2.40. The highest BCUT2D eigenvalue weighted by Crippen LogP contribution is 2.36. The van der Waals surface area contributed by atoms with Crippen molar-refractivity contribution in [1.29, 1.82) is 0 Å². The van der Waals surface area contributed by atoms with Crippen molar-refractivity contribution in [2.75, 3.05) is 26.2 Å². The maximum absolute atomic E-state index is 12.4. The summed E-state index contributed by atoms with van der Waals surface area (Å²) < 4.78 is 1.90. The molecule has 7 nitrogen and oxygen atoms in total. The van der Waals surface area contributed by atoms with Crippen LogP contribution in [0.3, 0.4) is 0 Å². The van der Waals surface area contributed by atoms with Gasteiger partial charge in [0.25, 0.3) is 0 Å². The van der Waals surface area contributed by atoms with Gasteiger partial charge in [-0.2, -0.15) is 5.10 Å². The molecule has 172 valence electrons. The van der Waals surface area contributed by atoms with Crippen molar-refractivity contribution in [2.24, 2.45) is 13.0 Å². The molecular formula is C25H35N5O2. The van der Waals surface area contributed by atoms with Gasteiger partial charge in [0.15, 0.2) is 0 Å². The van der Waals surface area contributed by atoms with E-state index in [1.54, 1.807) is 0 Å². The largest absolute Gasteiger partial charge is 0.317 e. The van der Waals surface area contributed by atoms with Crippen LogP contribution in [-0.2, 0) is 16.6 Å². The number of carbonyl (C=O) groups excluding carboxylic acids is 2. The number of nitrogens with one attached hydrogen (secondary N) is 2. The number of carbonyl (C=O) groups is 2. The molecule has 1 unspecified atom stereocenters. The summed E-state index contributed by atoms with van der Waals surface area (Å²) >= 11 is 0. The summed E-state index contributed by atoms with van der Waals surface area (Å²) in [5, 5.41) is 11.7. The molecule has 0 radical (unpaired) electrons. The molecule has 1 aromatic carbocycles. The Bertz CT molecular complexity index is 1010. The molecule has 5 rings (SSSR count). The molecular weight excluding hydrogens is 402 g/mol. The monoisotopic (exact) mass is 437 g/mol. The Morgan fingerprint density at radius 3 is 2.69 bits per heavy atom. The Labute approximate surface area is 189 Å². The third-order valence-corrected chi connectivity index (χ3v) is 7.91. The lowest BCUT2D eigenvalue weighted by molar-refractivity contribution is -0.134. The second-order valence-corrected chi connectivity index (χ2v) is 10.0. The first-order chi connectivity index (χ1) is 15.5. The number of piperidine rings is 3. The van der Waals surface area contributed by atoms with Crippen molar-refractivity contribution in [3.63, 3.8) is 0 Å². The van der Waals surface area contributed by atoms with E-state index in [0.717, 1.165) is 22.5 Å². The maximum atomic E-state index is 12.4. The summed E-state index contributed by atoms with van der Waals surface area (Å²) in [6.45, 7) is 7.13. The molecule has 3 saturated heterocycles. The Kier molecular flexibility index (Phi) is 6.03. The molecule has 0 aliphatic carbocycles. The van der Waals surface area contributed by atoms with Crippen LogP contribution < -0.4 is 10.6 Å². The molecule has 3 aliphatic rings. The van der Waals surface area contributed by atoms with Gasteiger partial charge in [-0.1, -0.05) is 12.1 Å². The third kappa shape index (κ3) is 4.20. The lowest BCUT2D eigenvalue weighted by atomic mass is 9.84. The van der Waals surface area contributed by atoms with Crippen molar-refractivity contribution in [2.45, 2.75) is 63.3 Å². The van der Waals surface area contributed by atoms with Crippen LogP contribution in [0.25, 0.3) is 10.9 Å². The number of amides is 2. The maximum Gasteiger partial charge on any atom is 0.235 e. The van der Waals surface area contributed by atoms with E-state index in [1.165, 1.54) is 57.4 Å². The number of benzene rings is 1. The molecule has 0 saturated carbocycles. The van der Waals surface area contributed by atoms with Crippen LogP contribution in [0.15, 0.2) is 18.2 Å². The predicted octanol–water partition coefficient (Wildman–Crippen LogP) is 2.66. The Balaban J connectivity index is 1.31. The molecule has 2 N–H and O–H groups in total. The van der Waals surface area contributed by atoms with E-state index in [2.05, 4.69) is 40.7 Å². The molecule has 32 heavy (non-hydrogen) atoms. The number of fused-ring (bicyclic) bond motifs is 1. The zero-order chi connectivity index (χ0) is 22.2. The van der Waals surface area contributed by atoms with Crippen molar-refractivity contribution in [3.8, 4) is 0 Å². The number of imide groups is 1. The fourth-order valence-corrected chi connectivity index (χ4v) is 5.96. The number of aromatic nitrogens is 2. The summed E-state index contributed by atoms with van der Waals surface area (Å²) in [6, 6.07) is 7.25. The molecule has 4 heterocycles. The smallest absolute Gasteiger partial charge is 0.235 e. The molecule has 0 spiro atoms. The van der Waals surface area contributed by atoms with E-state index in [0.29, 0.717) is 24.8 Å². The van der Waals surface area contributed by atoms with Gasteiger partial charge in [0.2, 0.25) is 11.8 Å². The van der Waals surface area contributed by atoms with Crippen LogP contribution >= 0.6 is 0 Å².